The number of fused-ring (bicyclic) bond motifs is 1. The fourth-order valence-electron chi connectivity index (χ4n) is 3.74. The third-order valence-corrected chi connectivity index (χ3v) is 5.28. The van der Waals surface area contributed by atoms with E-state index in [0.717, 1.165) is 21.2 Å². The minimum Gasteiger partial charge on any atom is -0.481 e. The van der Waals surface area contributed by atoms with E-state index in [1.165, 1.54) is 7.11 Å². The summed E-state index contributed by atoms with van der Waals surface area (Å²) < 4.78 is 10.6. The predicted octanol–water partition coefficient (Wildman–Crippen LogP) is 4.08. The monoisotopic (exact) mass is 405 g/mol. The molecule has 7 nitrogen and oxygen atoms in total. The number of carbonyl (C=O) groups is 2. The van der Waals surface area contributed by atoms with E-state index < -0.39 is 24.3 Å². The molecule has 3 aromatic rings. The van der Waals surface area contributed by atoms with E-state index in [0.29, 0.717) is 24.5 Å². The molecule has 3 amide bonds. The molecule has 1 aliphatic rings. The van der Waals surface area contributed by atoms with E-state index in [1.807, 2.05) is 24.3 Å². The Balaban J connectivity index is 1.41. The lowest BCUT2D eigenvalue weighted by Crippen LogP contribution is -2.45. The average molecular weight is 405 g/mol. The minimum atomic E-state index is -0.681. The predicted molar refractivity (Wildman–Crippen MR) is 112 cm³/mol. The van der Waals surface area contributed by atoms with Gasteiger partial charge in [-0.25, -0.2) is 19.5 Å². The molecule has 1 aliphatic heterocycles. The van der Waals surface area contributed by atoms with Gasteiger partial charge in [-0.15, -0.1) is 0 Å². The lowest BCUT2D eigenvalue weighted by atomic mass is 10.0. The van der Waals surface area contributed by atoms with Crippen LogP contribution in [0.15, 0.2) is 60.7 Å². The molecule has 154 valence electrons. The summed E-state index contributed by atoms with van der Waals surface area (Å²) in [5.41, 5.74) is 1.69. The smallest absolute Gasteiger partial charge is 0.419 e. The van der Waals surface area contributed by atoms with Crippen LogP contribution in [0.4, 0.5) is 9.59 Å². The van der Waals surface area contributed by atoms with E-state index in [4.69, 9.17) is 9.47 Å². The summed E-state index contributed by atoms with van der Waals surface area (Å²) in [7, 11) is 1.52. The first-order valence-corrected chi connectivity index (χ1v) is 9.83. The second kappa shape index (κ2) is 8.41. The first kappa shape index (κ1) is 19.7. The number of carbonyl (C=O) groups excluding carboxylic acids is 2. The molecule has 0 saturated carbocycles. The number of urea groups is 1. The fraction of sp³-hybridized carbons (Fsp3) is 0.261. The van der Waals surface area contributed by atoms with Gasteiger partial charge in [0, 0.05) is 12.6 Å². The third-order valence-electron chi connectivity index (χ3n) is 5.28. The van der Waals surface area contributed by atoms with Gasteiger partial charge in [-0.1, -0.05) is 48.5 Å². The van der Waals surface area contributed by atoms with Gasteiger partial charge < -0.3 is 14.8 Å². The van der Waals surface area contributed by atoms with Gasteiger partial charge >= 0.3 is 12.1 Å². The van der Waals surface area contributed by atoms with Crippen LogP contribution >= 0.6 is 0 Å². The van der Waals surface area contributed by atoms with Crippen LogP contribution in [0.1, 0.15) is 24.3 Å². The van der Waals surface area contributed by atoms with Crippen molar-refractivity contribution < 1.29 is 19.1 Å². The lowest BCUT2D eigenvalue weighted by molar-refractivity contribution is 0.129. The number of benzene rings is 2. The molecule has 0 bridgehead atoms. The van der Waals surface area contributed by atoms with Crippen molar-refractivity contribution in [2.24, 2.45) is 0 Å². The highest BCUT2D eigenvalue weighted by Gasteiger charge is 2.44. The SMILES string of the molecule is COc1cccc([C@H]2OC(=O)N(C(=O)NCCc3cccc4ccccc34)[C@H]2C)n1. The molecular weight excluding hydrogens is 382 g/mol. The largest absolute Gasteiger partial charge is 0.481 e. The van der Waals surface area contributed by atoms with Gasteiger partial charge in [0.05, 0.1) is 18.8 Å². The van der Waals surface area contributed by atoms with Crippen molar-refractivity contribution in [3.8, 4) is 5.88 Å². The molecule has 1 fully saturated rings. The number of rotatable bonds is 5. The molecule has 0 aliphatic carbocycles. The Morgan fingerprint density at radius 2 is 1.90 bits per heavy atom. The molecule has 30 heavy (non-hydrogen) atoms. The maximum atomic E-state index is 12.7. The van der Waals surface area contributed by atoms with E-state index >= 15 is 0 Å². The van der Waals surface area contributed by atoms with Crippen molar-refractivity contribution in [1.82, 2.24) is 15.2 Å². The summed E-state index contributed by atoms with van der Waals surface area (Å²) in [6, 6.07) is 18.5. The maximum absolute atomic E-state index is 12.7. The van der Waals surface area contributed by atoms with Gasteiger partial charge in [0.2, 0.25) is 5.88 Å². The molecular formula is C23H23N3O4. The highest BCUT2D eigenvalue weighted by atomic mass is 16.6. The van der Waals surface area contributed by atoms with Crippen molar-refractivity contribution in [2.45, 2.75) is 25.5 Å². The quantitative estimate of drug-likeness (QED) is 0.692. The third kappa shape index (κ3) is 3.78. The highest BCUT2D eigenvalue weighted by molar-refractivity contribution is 5.93. The van der Waals surface area contributed by atoms with Crippen LogP contribution in [0.3, 0.4) is 0 Å². The molecule has 0 radical (unpaired) electrons. The summed E-state index contributed by atoms with van der Waals surface area (Å²) in [5.74, 6) is 0.425. The normalized spacial score (nSPS) is 18.3. The summed E-state index contributed by atoms with van der Waals surface area (Å²) in [6.07, 6.45) is -0.665. The molecule has 0 spiro atoms. The number of pyridine rings is 1. The lowest BCUT2D eigenvalue weighted by Gasteiger charge is -2.19. The second-order valence-corrected chi connectivity index (χ2v) is 7.14. The van der Waals surface area contributed by atoms with Gasteiger partial charge in [-0.3, -0.25) is 0 Å². The zero-order valence-corrected chi connectivity index (χ0v) is 16.9. The Morgan fingerprint density at radius 1 is 1.13 bits per heavy atom. The van der Waals surface area contributed by atoms with Gasteiger partial charge in [-0.05, 0) is 35.7 Å². The molecule has 4 rings (SSSR count). The van der Waals surface area contributed by atoms with Gasteiger partial charge in [0.25, 0.3) is 0 Å². The molecule has 0 unspecified atom stereocenters. The van der Waals surface area contributed by atoms with Crippen LogP contribution in [0.2, 0.25) is 0 Å². The van der Waals surface area contributed by atoms with Crippen molar-refractivity contribution in [3.05, 3.63) is 71.9 Å². The first-order chi connectivity index (χ1) is 14.6. The van der Waals surface area contributed by atoms with Gasteiger partial charge in [0.1, 0.15) is 0 Å². The Hall–Kier alpha value is -3.61. The number of nitrogens with one attached hydrogen (secondary N) is 1. The number of ether oxygens (including phenoxy) is 2. The fourth-order valence-corrected chi connectivity index (χ4v) is 3.74. The second-order valence-electron chi connectivity index (χ2n) is 7.14. The topological polar surface area (TPSA) is 80.8 Å². The van der Waals surface area contributed by atoms with Crippen LogP contribution in [-0.4, -0.2) is 41.7 Å². The maximum Gasteiger partial charge on any atom is 0.419 e. The van der Waals surface area contributed by atoms with Crippen LogP contribution in [-0.2, 0) is 11.2 Å². The zero-order chi connectivity index (χ0) is 21.1. The number of methoxy groups -OCH3 is 1. The summed E-state index contributed by atoms with van der Waals surface area (Å²) in [6.45, 7) is 2.17. The van der Waals surface area contributed by atoms with Crippen molar-refractivity contribution in [1.29, 1.82) is 0 Å². The highest BCUT2D eigenvalue weighted by Crippen LogP contribution is 2.32. The van der Waals surface area contributed by atoms with Crippen LogP contribution in [0, 0.1) is 0 Å². The zero-order valence-electron chi connectivity index (χ0n) is 16.9. The van der Waals surface area contributed by atoms with E-state index in [2.05, 4.69) is 28.5 Å². The molecule has 2 aromatic carbocycles. The van der Waals surface area contributed by atoms with Crippen molar-refractivity contribution in [2.75, 3.05) is 13.7 Å². The number of aromatic nitrogens is 1. The molecule has 1 aromatic heterocycles. The average Bonchev–Trinajstić information content (AvgIpc) is 3.08. The van der Waals surface area contributed by atoms with Crippen molar-refractivity contribution >= 4 is 22.9 Å². The number of hydrogen-bond donors (Lipinski definition) is 1. The Bertz CT molecular complexity index is 1080. The Labute approximate surface area is 174 Å². The van der Waals surface area contributed by atoms with Crippen LogP contribution < -0.4 is 10.1 Å². The van der Waals surface area contributed by atoms with Crippen LogP contribution in [0.25, 0.3) is 10.8 Å². The molecule has 7 heteroatoms. The van der Waals surface area contributed by atoms with E-state index in [9.17, 15) is 9.59 Å². The number of cyclic esters (lactones) is 1. The molecule has 1 saturated heterocycles. The van der Waals surface area contributed by atoms with Gasteiger partial charge in [0.15, 0.2) is 6.10 Å². The standard InChI is InChI=1S/C23H23N3O4/c1-15-21(19-11-6-12-20(25-19)29-2)30-23(28)26(15)22(27)24-14-13-17-9-5-8-16-7-3-4-10-18(16)17/h3-12,15,21H,13-14H2,1-2H3,(H,24,27)/t15-,21-/m0/s1. The first-order valence-electron chi connectivity index (χ1n) is 9.83. The van der Waals surface area contributed by atoms with Gasteiger partial charge in [-0.2, -0.15) is 0 Å². The molecule has 2 heterocycles. The van der Waals surface area contributed by atoms with E-state index in [1.54, 1.807) is 25.1 Å². The van der Waals surface area contributed by atoms with Crippen LogP contribution in [0.5, 0.6) is 5.88 Å². The van der Waals surface area contributed by atoms with Crippen molar-refractivity contribution in [3.63, 3.8) is 0 Å². The number of amides is 3. The van der Waals surface area contributed by atoms with E-state index in [-0.39, 0.29) is 0 Å². The molecule has 1 N–H and O–H groups in total. The number of hydrogen-bond acceptors (Lipinski definition) is 5. The Kier molecular flexibility index (Phi) is 5.52. The summed E-state index contributed by atoms with van der Waals surface area (Å²) >= 11 is 0. The summed E-state index contributed by atoms with van der Waals surface area (Å²) in [5, 5.41) is 5.15. The number of nitrogens with zero attached hydrogens (tertiary/aromatic N) is 2. The minimum absolute atomic E-state index is 0.408. The molecule has 2 atom stereocenters. The Morgan fingerprint density at radius 3 is 2.73 bits per heavy atom. The summed E-state index contributed by atoms with van der Waals surface area (Å²) in [4.78, 5) is 30.5. The number of imide groups is 1.